The van der Waals surface area contributed by atoms with Gasteiger partial charge in [-0.15, -0.1) is 0 Å². The summed E-state index contributed by atoms with van der Waals surface area (Å²) < 4.78 is 45.9. The second-order valence-electron chi connectivity index (χ2n) is 8.62. The van der Waals surface area contributed by atoms with Gasteiger partial charge in [0.05, 0.1) is 19.5 Å². The number of nitrogen functional groups attached to an aromatic ring is 1. The summed E-state index contributed by atoms with van der Waals surface area (Å²) in [4.78, 5) is 40.6. The SMILES string of the molecule is Nc1nc2c(ncn2[C@@H]2O[C@H](COP(=O)(OP(=O)(O)O)[C@]3(CO)O[C@H](O)[C@@H](O)[C@@H](O)[C@@H]3O)[C@@H](O)[C@H]2O)c(=O)[nH]1. The maximum atomic E-state index is 13.7. The van der Waals surface area contributed by atoms with Crippen molar-refractivity contribution in [2.45, 2.75) is 54.5 Å². The smallest absolute Gasteiger partial charge is 0.393 e. The molecule has 10 atom stereocenters. The predicted molar refractivity (Wildman–Crippen MR) is 120 cm³/mol. The van der Waals surface area contributed by atoms with Gasteiger partial charge >= 0.3 is 15.4 Å². The molecule has 1 unspecified atom stereocenters. The first-order valence-electron chi connectivity index (χ1n) is 10.8. The summed E-state index contributed by atoms with van der Waals surface area (Å²) in [6.07, 6.45) is -15.5. The number of aliphatic hydroxyl groups excluding tert-OH is 7. The molecule has 2 aromatic rings. The molecule has 0 spiro atoms. The number of hydrogen-bond acceptors (Lipinski definition) is 17. The number of phosphoric acid groups is 1. The van der Waals surface area contributed by atoms with Crippen LogP contribution in [-0.2, 0) is 27.4 Å². The lowest BCUT2D eigenvalue weighted by Gasteiger charge is -2.48. The zero-order chi connectivity index (χ0) is 29.1. The van der Waals surface area contributed by atoms with Crippen LogP contribution in [0.4, 0.5) is 5.95 Å². The highest BCUT2D eigenvalue weighted by molar-refractivity contribution is 7.65. The fraction of sp³-hybridized carbons (Fsp3) is 0.688. The van der Waals surface area contributed by atoms with Gasteiger partial charge in [0, 0.05) is 0 Å². The van der Waals surface area contributed by atoms with E-state index >= 15 is 0 Å². The molecule has 4 heterocycles. The molecule has 0 aliphatic carbocycles. The number of aromatic amines is 1. The molecule has 2 aliphatic rings. The zero-order valence-electron chi connectivity index (χ0n) is 19.3. The standard InChI is InChI=1S/C16H25N5O16P2/c17-15-19-11-5(12(28)20-15)18-3-21(11)13-8(25)6(23)4(35-13)1-34-38(30,37-39(31,32)33)16(2-22)10(27)7(24)9(26)14(29)36-16/h3-4,6-10,13-14,22-27,29H,1-2H2,(H2,31,32,33)(H3,17,19,20,28)/t4-,6-,7-,8-,9+,10+,13-,14+,16+,38?/m1/s1. The Labute approximate surface area is 215 Å². The monoisotopic (exact) mass is 605 g/mol. The molecule has 2 aromatic heterocycles. The summed E-state index contributed by atoms with van der Waals surface area (Å²) in [6, 6.07) is 0. The Kier molecular flexibility index (Phi) is 8.08. The minimum Gasteiger partial charge on any atom is -0.393 e. The molecule has 23 heteroatoms. The van der Waals surface area contributed by atoms with E-state index in [0.717, 1.165) is 10.9 Å². The molecule has 21 nitrogen and oxygen atoms in total. The van der Waals surface area contributed by atoms with E-state index in [1.165, 1.54) is 0 Å². The van der Waals surface area contributed by atoms with Gasteiger partial charge in [0.15, 0.2) is 23.7 Å². The van der Waals surface area contributed by atoms with Crippen LogP contribution in [-0.4, -0.2) is 127 Å². The number of rotatable bonds is 8. The van der Waals surface area contributed by atoms with Crippen molar-refractivity contribution in [1.82, 2.24) is 19.5 Å². The zero-order valence-corrected chi connectivity index (χ0v) is 21.1. The van der Waals surface area contributed by atoms with Gasteiger partial charge in [0.25, 0.3) is 5.56 Å². The van der Waals surface area contributed by atoms with Crippen LogP contribution in [0.25, 0.3) is 11.2 Å². The highest BCUT2D eigenvalue weighted by atomic mass is 31.3. The van der Waals surface area contributed by atoms with Crippen LogP contribution in [0.5, 0.6) is 0 Å². The van der Waals surface area contributed by atoms with Crippen molar-refractivity contribution < 1.29 is 73.0 Å². The van der Waals surface area contributed by atoms with E-state index in [1.54, 1.807) is 0 Å². The molecule has 2 aliphatic heterocycles. The molecular weight excluding hydrogens is 580 g/mol. The summed E-state index contributed by atoms with van der Waals surface area (Å²) in [6.45, 7) is -2.78. The molecule has 12 N–H and O–H groups in total. The number of ether oxygens (including phenoxy) is 2. The third-order valence-corrected chi connectivity index (χ3v) is 9.77. The molecule has 4 rings (SSSR count). The van der Waals surface area contributed by atoms with E-state index in [1.807, 2.05) is 0 Å². The predicted octanol–water partition coefficient (Wildman–Crippen LogP) is -5.24. The molecule has 2 fully saturated rings. The summed E-state index contributed by atoms with van der Waals surface area (Å²) in [5, 5.41) is 67.8. The fourth-order valence-corrected chi connectivity index (χ4v) is 7.46. The van der Waals surface area contributed by atoms with Crippen LogP contribution in [0.3, 0.4) is 0 Å². The molecule has 0 aromatic carbocycles. The van der Waals surface area contributed by atoms with Gasteiger partial charge in [-0.1, -0.05) is 0 Å². The van der Waals surface area contributed by atoms with Crippen molar-refractivity contribution in [2.75, 3.05) is 18.9 Å². The third kappa shape index (κ3) is 5.17. The summed E-state index contributed by atoms with van der Waals surface area (Å²) in [7, 11) is -11.5. The first-order chi connectivity index (χ1) is 18.0. The quantitative estimate of drug-likeness (QED) is 0.125. The first-order valence-corrected chi connectivity index (χ1v) is 13.9. The molecule has 0 bridgehead atoms. The molecule has 220 valence electrons. The van der Waals surface area contributed by atoms with Crippen LogP contribution >= 0.6 is 15.4 Å². The number of H-pyrrole nitrogens is 1. The number of fused-ring (bicyclic) bond motifs is 1. The molecule has 0 saturated carbocycles. The Hall–Kier alpha value is -1.91. The highest BCUT2D eigenvalue weighted by Gasteiger charge is 2.67. The largest absolute Gasteiger partial charge is 0.476 e. The molecule has 39 heavy (non-hydrogen) atoms. The average Bonchev–Trinajstić information content (AvgIpc) is 3.38. The van der Waals surface area contributed by atoms with Crippen molar-refractivity contribution in [3.05, 3.63) is 16.7 Å². The van der Waals surface area contributed by atoms with Crippen LogP contribution in [0.15, 0.2) is 11.1 Å². The van der Waals surface area contributed by atoms with Gasteiger partial charge in [0.1, 0.15) is 36.6 Å². The Morgan fingerprint density at radius 3 is 2.38 bits per heavy atom. The number of anilines is 1. The highest BCUT2D eigenvalue weighted by Crippen LogP contribution is 2.70. The lowest BCUT2D eigenvalue weighted by molar-refractivity contribution is -0.305. The van der Waals surface area contributed by atoms with Crippen LogP contribution < -0.4 is 11.3 Å². The Morgan fingerprint density at radius 1 is 1.10 bits per heavy atom. The normalized spacial score (nSPS) is 37.3. The van der Waals surface area contributed by atoms with E-state index < -0.39 is 88.7 Å². The van der Waals surface area contributed by atoms with Crippen LogP contribution in [0, 0.1) is 0 Å². The van der Waals surface area contributed by atoms with Crippen LogP contribution in [0.2, 0.25) is 0 Å². The van der Waals surface area contributed by atoms with Crippen molar-refractivity contribution in [2.24, 2.45) is 0 Å². The van der Waals surface area contributed by atoms with Gasteiger partial charge in [-0.25, -0.2) is 13.9 Å². The Balaban J connectivity index is 1.64. The van der Waals surface area contributed by atoms with Gasteiger partial charge in [0.2, 0.25) is 11.3 Å². The fourth-order valence-electron chi connectivity index (χ4n) is 4.15. The minimum absolute atomic E-state index is 0.163. The lowest BCUT2D eigenvalue weighted by atomic mass is 9.99. The van der Waals surface area contributed by atoms with E-state index in [4.69, 9.17) is 19.7 Å². The van der Waals surface area contributed by atoms with Crippen molar-refractivity contribution >= 4 is 32.5 Å². The lowest BCUT2D eigenvalue weighted by Crippen LogP contribution is -2.65. The van der Waals surface area contributed by atoms with Crippen molar-refractivity contribution in [1.29, 1.82) is 0 Å². The average molecular weight is 605 g/mol. The second-order valence-corrected chi connectivity index (χ2v) is 12.3. The van der Waals surface area contributed by atoms with Crippen molar-refractivity contribution in [3.63, 3.8) is 0 Å². The van der Waals surface area contributed by atoms with Gasteiger partial charge in [-0.05, 0) is 0 Å². The molecular formula is C16H25N5O16P2. The number of nitrogens with two attached hydrogens (primary N) is 1. The third-order valence-electron chi connectivity index (χ3n) is 6.13. The van der Waals surface area contributed by atoms with Crippen LogP contribution in [0.1, 0.15) is 6.23 Å². The molecule has 0 amide bonds. The number of nitrogens with zero attached hydrogens (tertiary/aromatic N) is 3. The number of imidazole rings is 1. The molecule has 2 saturated heterocycles. The van der Waals surface area contributed by atoms with Gasteiger partial charge in [-0.2, -0.15) is 4.98 Å². The second kappa shape index (κ2) is 10.5. The topological polar surface area (TPSA) is 343 Å². The number of nitrogens with one attached hydrogen (secondary N) is 1. The van der Waals surface area contributed by atoms with E-state index in [9.17, 15) is 59.5 Å². The maximum Gasteiger partial charge on any atom is 0.476 e. The Morgan fingerprint density at radius 2 is 1.77 bits per heavy atom. The first kappa shape index (κ1) is 30.1. The van der Waals surface area contributed by atoms with Gasteiger partial charge in [-0.3, -0.25) is 18.9 Å². The summed E-state index contributed by atoms with van der Waals surface area (Å²) in [5.41, 5.74) is 4.43. The number of aromatic nitrogens is 4. The van der Waals surface area contributed by atoms with E-state index in [2.05, 4.69) is 19.3 Å². The van der Waals surface area contributed by atoms with E-state index in [-0.39, 0.29) is 17.1 Å². The minimum atomic E-state index is -5.80. The van der Waals surface area contributed by atoms with Gasteiger partial charge < -0.3 is 65.3 Å². The maximum absolute atomic E-state index is 13.7. The van der Waals surface area contributed by atoms with Crippen molar-refractivity contribution in [3.8, 4) is 0 Å². The summed E-state index contributed by atoms with van der Waals surface area (Å²) in [5.74, 6) is -0.312. The molecule has 0 radical (unpaired) electrons. The number of hydrogen-bond donors (Lipinski definition) is 11. The van der Waals surface area contributed by atoms with E-state index in [0.29, 0.717) is 0 Å². The number of aliphatic hydroxyl groups is 7. The summed E-state index contributed by atoms with van der Waals surface area (Å²) >= 11 is 0. The Bertz CT molecular complexity index is 1370.